The minimum atomic E-state index is 0.585. The second-order valence-corrected chi connectivity index (χ2v) is 12.4. The molecule has 0 aliphatic rings. The Morgan fingerprint density at radius 3 is 1.52 bits per heavy atom. The predicted octanol–water partition coefficient (Wildman–Crippen LogP) is 11.5. The molecule has 0 amide bonds. The summed E-state index contributed by atoms with van der Waals surface area (Å²) in [6.07, 6.45) is 0. The predicted molar refractivity (Wildman–Crippen MR) is 203 cm³/mol. The highest BCUT2D eigenvalue weighted by Crippen LogP contribution is 2.42. The average molecular weight is 641 g/mol. The third-order valence-electron chi connectivity index (χ3n) is 9.48. The van der Waals surface area contributed by atoms with Crippen molar-refractivity contribution in [1.29, 1.82) is 0 Å². The first kappa shape index (κ1) is 28.2. The van der Waals surface area contributed by atoms with Crippen LogP contribution in [0.4, 0.5) is 0 Å². The van der Waals surface area contributed by atoms with Gasteiger partial charge in [0, 0.05) is 38.2 Å². The lowest BCUT2D eigenvalue weighted by Gasteiger charge is -2.14. The van der Waals surface area contributed by atoms with E-state index in [2.05, 4.69) is 114 Å². The van der Waals surface area contributed by atoms with Crippen molar-refractivity contribution in [3.63, 3.8) is 0 Å². The van der Waals surface area contributed by atoms with Crippen LogP contribution in [0.1, 0.15) is 0 Å². The standard InChI is InChI=1S/C45H28N4O/c1-3-15-29(16-4-1)31-22-13-27-39-41(31)42-35(23-14-28-40(42)50-39)45-47-43(30-17-5-2-6-18-30)46-44(48-45)34-21-9-12-26-38(34)49-36-24-10-7-19-32(36)33-20-8-11-25-37(33)49/h1-28H. The number of hydrogen-bond donors (Lipinski definition) is 0. The van der Waals surface area contributed by atoms with E-state index in [4.69, 9.17) is 19.4 Å². The number of nitrogens with zero attached hydrogens (tertiary/aromatic N) is 4. The highest BCUT2D eigenvalue weighted by atomic mass is 16.3. The molecule has 5 heteroatoms. The zero-order chi connectivity index (χ0) is 33.0. The number of para-hydroxylation sites is 3. The maximum atomic E-state index is 6.48. The van der Waals surface area contributed by atoms with Gasteiger partial charge in [-0.25, -0.2) is 15.0 Å². The summed E-state index contributed by atoms with van der Waals surface area (Å²) < 4.78 is 8.80. The van der Waals surface area contributed by atoms with E-state index < -0.39 is 0 Å². The number of furan rings is 1. The van der Waals surface area contributed by atoms with Crippen molar-refractivity contribution in [1.82, 2.24) is 19.5 Å². The Balaban J connectivity index is 1.26. The molecule has 50 heavy (non-hydrogen) atoms. The third kappa shape index (κ3) is 4.45. The number of hydrogen-bond acceptors (Lipinski definition) is 4. The van der Waals surface area contributed by atoms with E-state index in [-0.39, 0.29) is 0 Å². The Morgan fingerprint density at radius 2 is 0.840 bits per heavy atom. The Labute approximate surface area is 287 Å². The van der Waals surface area contributed by atoms with Crippen LogP contribution < -0.4 is 0 Å². The smallest absolute Gasteiger partial charge is 0.166 e. The van der Waals surface area contributed by atoms with Crippen LogP contribution in [0, 0.1) is 0 Å². The first-order valence-electron chi connectivity index (χ1n) is 16.7. The maximum Gasteiger partial charge on any atom is 0.166 e. The van der Waals surface area contributed by atoms with Crippen LogP contribution in [-0.2, 0) is 0 Å². The topological polar surface area (TPSA) is 56.7 Å². The van der Waals surface area contributed by atoms with Crippen LogP contribution >= 0.6 is 0 Å². The Morgan fingerprint density at radius 1 is 0.360 bits per heavy atom. The maximum absolute atomic E-state index is 6.48. The van der Waals surface area contributed by atoms with Gasteiger partial charge in [-0.3, -0.25) is 0 Å². The molecule has 3 heterocycles. The fourth-order valence-corrected chi connectivity index (χ4v) is 7.28. The molecule has 0 unspecified atom stereocenters. The van der Waals surface area contributed by atoms with Crippen molar-refractivity contribution in [2.75, 3.05) is 0 Å². The summed E-state index contributed by atoms with van der Waals surface area (Å²) in [6.45, 7) is 0. The van der Waals surface area contributed by atoms with Gasteiger partial charge in [-0.2, -0.15) is 0 Å². The monoisotopic (exact) mass is 640 g/mol. The van der Waals surface area contributed by atoms with Gasteiger partial charge in [0.1, 0.15) is 11.2 Å². The van der Waals surface area contributed by atoms with Crippen molar-refractivity contribution in [3.8, 4) is 51.0 Å². The molecule has 0 spiro atoms. The van der Waals surface area contributed by atoms with Crippen molar-refractivity contribution in [2.45, 2.75) is 0 Å². The average Bonchev–Trinajstić information content (AvgIpc) is 3.74. The zero-order valence-electron chi connectivity index (χ0n) is 26.9. The molecule has 0 atom stereocenters. The quantitative estimate of drug-likeness (QED) is 0.188. The Kier molecular flexibility index (Phi) is 6.42. The molecule has 3 aromatic heterocycles. The molecule has 5 nitrogen and oxygen atoms in total. The van der Waals surface area contributed by atoms with E-state index in [1.165, 1.54) is 10.8 Å². The van der Waals surface area contributed by atoms with Crippen LogP contribution in [0.15, 0.2) is 174 Å². The van der Waals surface area contributed by atoms with Crippen molar-refractivity contribution in [2.24, 2.45) is 0 Å². The fourth-order valence-electron chi connectivity index (χ4n) is 7.28. The third-order valence-corrected chi connectivity index (χ3v) is 9.48. The van der Waals surface area contributed by atoms with Crippen LogP contribution in [0.25, 0.3) is 94.7 Å². The molecule has 0 bridgehead atoms. The van der Waals surface area contributed by atoms with Crippen LogP contribution in [0.5, 0.6) is 0 Å². The molecular weight excluding hydrogens is 613 g/mol. The van der Waals surface area contributed by atoms with E-state index in [0.29, 0.717) is 17.5 Å². The van der Waals surface area contributed by atoms with Crippen molar-refractivity contribution < 1.29 is 4.42 Å². The molecule has 0 aliphatic heterocycles. The Hall–Kier alpha value is -6.85. The minimum absolute atomic E-state index is 0.585. The molecule has 7 aromatic carbocycles. The molecule has 10 aromatic rings. The summed E-state index contributed by atoms with van der Waals surface area (Å²) >= 11 is 0. The molecule has 0 aliphatic carbocycles. The molecular formula is C45H28N4O. The highest BCUT2D eigenvalue weighted by molar-refractivity contribution is 6.17. The number of benzene rings is 7. The molecule has 0 saturated heterocycles. The van der Waals surface area contributed by atoms with Gasteiger partial charge < -0.3 is 8.98 Å². The number of fused-ring (bicyclic) bond motifs is 6. The second kappa shape index (κ2) is 11.4. The van der Waals surface area contributed by atoms with Gasteiger partial charge in [0.2, 0.25) is 0 Å². The van der Waals surface area contributed by atoms with E-state index in [0.717, 1.165) is 66.5 Å². The summed E-state index contributed by atoms with van der Waals surface area (Å²) in [5.41, 5.74) is 9.80. The highest BCUT2D eigenvalue weighted by Gasteiger charge is 2.22. The lowest BCUT2D eigenvalue weighted by molar-refractivity contribution is 0.669. The van der Waals surface area contributed by atoms with E-state index in [9.17, 15) is 0 Å². The summed E-state index contributed by atoms with van der Waals surface area (Å²) in [4.78, 5) is 15.6. The van der Waals surface area contributed by atoms with Crippen LogP contribution in [0.3, 0.4) is 0 Å². The lowest BCUT2D eigenvalue weighted by atomic mass is 9.97. The first-order chi connectivity index (χ1) is 24.8. The molecule has 234 valence electrons. The van der Waals surface area contributed by atoms with Gasteiger partial charge in [0.15, 0.2) is 17.5 Å². The van der Waals surface area contributed by atoms with Crippen LogP contribution in [-0.4, -0.2) is 19.5 Å². The van der Waals surface area contributed by atoms with Gasteiger partial charge in [0.25, 0.3) is 0 Å². The van der Waals surface area contributed by atoms with Gasteiger partial charge in [-0.05, 0) is 47.5 Å². The SMILES string of the molecule is c1ccc(-c2nc(-c3ccccc3-n3c4ccccc4c4ccccc43)nc(-c3cccc4oc5cccc(-c6ccccc6)c5c34)n2)cc1. The normalized spacial score (nSPS) is 11.6. The summed E-state index contributed by atoms with van der Waals surface area (Å²) in [5, 5.41) is 4.42. The first-order valence-corrected chi connectivity index (χ1v) is 16.7. The van der Waals surface area contributed by atoms with Crippen LogP contribution in [0.2, 0.25) is 0 Å². The van der Waals surface area contributed by atoms with Crippen molar-refractivity contribution >= 4 is 43.7 Å². The van der Waals surface area contributed by atoms with Crippen molar-refractivity contribution in [3.05, 3.63) is 170 Å². The Bertz CT molecular complexity index is 2820. The molecule has 0 radical (unpaired) electrons. The summed E-state index contributed by atoms with van der Waals surface area (Å²) in [5.74, 6) is 1.79. The fraction of sp³-hybridized carbons (Fsp3) is 0. The zero-order valence-corrected chi connectivity index (χ0v) is 26.9. The van der Waals surface area contributed by atoms with E-state index >= 15 is 0 Å². The largest absolute Gasteiger partial charge is 0.456 e. The summed E-state index contributed by atoms with van der Waals surface area (Å²) in [6, 6.07) is 58.4. The lowest BCUT2D eigenvalue weighted by Crippen LogP contribution is -2.03. The minimum Gasteiger partial charge on any atom is -0.456 e. The van der Waals surface area contributed by atoms with Gasteiger partial charge in [0.05, 0.1) is 16.7 Å². The number of rotatable bonds is 5. The van der Waals surface area contributed by atoms with Gasteiger partial charge in [-0.15, -0.1) is 0 Å². The van der Waals surface area contributed by atoms with Gasteiger partial charge in [-0.1, -0.05) is 133 Å². The molecule has 0 N–H and O–H groups in total. The molecule has 0 fully saturated rings. The second-order valence-electron chi connectivity index (χ2n) is 12.4. The van der Waals surface area contributed by atoms with Gasteiger partial charge >= 0.3 is 0 Å². The van der Waals surface area contributed by atoms with E-state index in [1.807, 2.05) is 60.7 Å². The molecule has 0 saturated carbocycles. The molecule has 10 rings (SSSR count). The summed E-state index contributed by atoms with van der Waals surface area (Å²) in [7, 11) is 0. The number of aromatic nitrogens is 4. The van der Waals surface area contributed by atoms with E-state index in [1.54, 1.807) is 0 Å².